The summed E-state index contributed by atoms with van der Waals surface area (Å²) in [6, 6.07) is 10.5. The van der Waals surface area contributed by atoms with Gasteiger partial charge in [0.1, 0.15) is 11.3 Å². The fourth-order valence-corrected chi connectivity index (χ4v) is 3.34. The van der Waals surface area contributed by atoms with Crippen LogP contribution in [0.25, 0.3) is 17.0 Å². The Kier molecular flexibility index (Phi) is 4.51. The summed E-state index contributed by atoms with van der Waals surface area (Å²) in [7, 11) is 1.50. The van der Waals surface area contributed by atoms with E-state index in [1.54, 1.807) is 12.3 Å². The number of aromatic nitrogens is 1. The molecule has 0 spiro atoms. The number of furan rings is 1. The number of carbonyl (C=O) groups excluding carboxylic acids is 2. The van der Waals surface area contributed by atoms with E-state index in [1.807, 2.05) is 28.8 Å². The van der Waals surface area contributed by atoms with Gasteiger partial charge in [-0.05, 0) is 36.5 Å². The highest BCUT2D eigenvalue weighted by atomic mass is 32.1. The van der Waals surface area contributed by atoms with Crippen LogP contribution in [0.3, 0.4) is 0 Å². The van der Waals surface area contributed by atoms with Crippen LogP contribution in [0.15, 0.2) is 52.6 Å². The van der Waals surface area contributed by atoms with Crippen LogP contribution < -0.4 is 5.32 Å². The van der Waals surface area contributed by atoms with Crippen molar-refractivity contribution < 1.29 is 23.9 Å². The van der Waals surface area contributed by atoms with E-state index in [1.165, 1.54) is 24.1 Å². The standard InChI is InChI=1S/C20H15N3O5S/c1-22-18(25)14(17(24)21-20(22)29)8-11-9-23(15-5-3-2-4-13(11)15)10-12-6-7-16(28-12)19(26)27/h2-9H,10H2,1H3,(H,26,27)(H,21,24,29)/b14-8-. The number of carbonyl (C=O) groups is 3. The summed E-state index contributed by atoms with van der Waals surface area (Å²) in [5.41, 5.74) is 1.50. The number of hydrogen-bond donors (Lipinski definition) is 2. The van der Waals surface area contributed by atoms with Crippen molar-refractivity contribution in [2.45, 2.75) is 6.54 Å². The van der Waals surface area contributed by atoms with Crippen LogP contribution in [0, 0.1) is 0 Å². The van der Waals surface area contributed by atoms with E-state index < -0.39 is 17.8 Å². The maximum Gasteiger partial charge on any atom is 0.371 e. The van der Waals surface area contributed by atoms with Gasteiger partial charge in [0, 0.05) is 29.7 Å². The molecule has 1 aromatic carbocycles. The van der Waals surface area contributed by atoms with Crippen molar-refractivity contribution >= 4 is 52.1 Å². The fraction of sp³-hybridized carbons (Fsp3) is 0.100. The zero-order chi connectivity index (χ0) is 20.7. The third-order valence-electron chi connectivity index (χ3n) is 4.62. The number of carboxylic acids is 1. The summed E-state index contributed by atoms with van der Waals surface area (Å²) in [5.74, 6) is -1.83. The molecular formula is C20H15N3O5S. The number of para-hydroxylation sites is 1. The second-order valence-electron chi connectivity index (χ2n) is 6.48. The molecule has 1 aliphatic rings. The van der Waals surface area contributed by atoms with Crippen molar-refractivity contribution in [1.29, 1.82) is 0 Å². The summed E-state index contributed by atoms with van der Waals surface area (Å²) in [5, 5.41) is 12.4. The van der Waals surface area contributed by atoms with E-state index in [9.17, 15) is 14.4 Å². The zero-order valence-corrected chi connectivity index (χ0v) is 16.0. The van der Waals surface area contributed by atoms with Gasteiger partial charge >= 0.3 is 5.97 Å². The number of thiocarbonyl (C=S) groups is 1. The molecule has 2 aromatic heterocycles. The van der Waals surface area contributed by atoms with Gasteiger partial charge in [-0.2, -0.15) is 0 Å². The quantitative estimate of drug-likeness (QED) is 0.389. The van der Waals surface area contributed by atoms with Gasteiger partial charge in [-0.15, -0.1) is 0 Å². The first kappa shape index (κ1) is 18.6. The number of rotatable bonds is 4. The van der Waals surface area contributed by atoms with Crippen molar-refractivity contribution in [3.8, 4) is 0 Å². The van der Waals surface area contributed by atoms with Crippen molar-refractivity contribution in [2.24, 2.45) is 0 Å². The minimum absolute atomic E-state index is 0.0184. The molecule has 29 heavy (non-hydrogen) atoms. The zero-order valence-electron chi connectivity index (χ0n) is 15.2. The van der Waals surface area contributed by atoms with Crippen LogP contribution in [0.2, 0.25) is 0 Å². The summed E-state index contributed by atoms with van der Waals surface area (Å²) < 4.78 is 7.21. The maximum atomic E-state index is 12.5. The molecule has 9 heteroatoms. The summed E-state index contributed by atoms with van der Waals surface area (Å²) in [6.07, 6.45) is 3.31. The molecule has 146 valence electrons. The Labute approximate surface area is 170 Å². The molecule has 2 N–H and O–H groups in total. The molecule has 0 atom stereocenters. The number of hydrogen-bond acceptors (Lipinski definition) is 5. The molecule has 1 fully saturated rings. The molecule has 3 aromatic rings. The SMILES string of the molecule is CN1C(=O)/C(=C\c2cn(Cc3ccc(C(=O)O)o3)c3ccccc23)C(=O)NC1=S. The van der Waals surface area contributed by atoms with Gasteiger partial charge in [0.05, 0.1) is 6.54 Å². The topological polar surface area (TPSA) is 105 Å². The van der Waals surface area contributed by atoms with Gasteiger partial charge in [0.25, 0.3) is 11.8 Å². The van der Waals surface area contributed by atoms with Crippen molar-refractivity contribution in [3.63, 3.8) is 0 Å². The highest BCUT2D eigenvalue weighted by Crippen LogP contribution is 2.26. The third kappa shape index (κ3) is 3.32. The molecule has 0 radical (unpaired) electrons. The lowest BCUT2D eigenvalue weighted by molar-refractivity contribution is -0.128. The van der Waals surface area contributed by atoms with Crippen LogP contribution >= 0.6 is 12.2 Å². The molecule has 2 amide bonds. The normalized spacial score (nSPS) is 16.0. The third-order valence-corrected chi connectivity index (χ3v) is 5.00. The molecule has 0 bridgehead atoms. The van der Waals surface area contributed by atoms with Crippen LogP contribution in [-0.4, -0.2) is 44.5 Å². The van der Waals surface area contributed by atoms with E-state index in [0.717, 1.165) is 10.9 Å². The Hall–Kier alpha value is -3.72. The number of nitrogens with one attached hydrogen (secondary N) is 1. The number of benzene rings is 1. The second-order valence-corrected chi connectivity index (χ2v) is 6.87. The molecule has 8 nitrogen and oxygen atoms in total. The molecule has 1 aliphatic heterocycles. The average molecular weight is 409 g/mol. The largest absolute Gasteiger partial charge is 0.475 e. The van der Waals surface area contributed by atoms with Crippen molar-refractivity contribution in [1.82, 2.24) is 14.8 Å². The maximum absolute atomic E-state index is 12.5. The number of fused-ring (bicyclic) bond motifs is 1. The van der Waals surface area contributed by atoms with Crippen molar-refractivity contribution in [3.05, 3.63) is 65.3 Å². The average Bonchev–Trinajstić information content (AvgIpc) is 3.29. The number of aromatic carboxylic acids is 1. The van der Waals surface area contributed by atoms with Crippen LogP contribution in [0.4, 0.5) is 0 Å². The smallest absolute Gasteiger partial charge is 0.371 e. The lowest BCUT2D eigenvalue weighted by Crippen LogP contribution is -2.52. The minimum atomic E-state index is -1.14. The Bertz CT molecular complexity index is 1220. The van der Waals surface area contributed by atoms with Crippen LogP contribution in [0.5, 0.6) is 0 Å². The van der Waals surface area contributed by atoms with Gasteiger partial charge in [0.2, 0.25) is 5.76 Å². The van der Waals surface area contributed by atoms with Gasteiger partial charge in [-0.1, -0.05) is 18.2 Å². The first-order valence-corrected chi connectivity index (χ1v) is 9.01. The lowest BCUT2D eigenvalue weighted by Gasteiger charge is -2.24. The molecule has 0 saturated carbocycles. The molecule has 3 heterocycles. The highest BCUT2D eigenvalue weighted by molar-refractivity contribution is 7.80. The van der Waals surface area contributed by atoms with Gasteiger partial charge < -0.3 is 14.1 Å². The Morgan fingerprint density at radius 1 is 1.24 bits per heavy atom. The molecule has 0 aliphatic carbocycles. The summed E-state index contributed by atoms with van der Waals surface area (Å²) in [4.78, 5) is 37.0. The molecule has 1 saturated heterocycles. The summed E-state index contributed by atoms with van der Waals surface area (Å²) >= 11 is 4.96. The Morgan fingerprint density at radius 2 is 2.00 bits per heavy atom. The van der Waals surface area contributed by atoms with E-state index in [0.29, 0.717) is 17.9 Å². The monoisotopic (exact) mass is 409 g/mol. The van der Waals surface area contributed by atoms with Gasteiger partial charge in [0.15, 0.2) is 5.11 Å². The van der Waals surface area contributed by atoms with E-state index in [4.69, 9.17) is 21.7 Å². The van der Waals surface area contributed by atoms with Crippen LogP contribution in [0.1, 0.15) is 21.9 Å². The number of amides is 2. The van der Waals surface area contributed by atoms with Crippen molar-refractivity contribution in [2.75, 3.05) is 7.05 Å². The van der Waals surface area contributed by atoms with E-state index >= 15 is 0 Å². The lowest BCUT2D eigenvalue weighted by atomic mass is 10.1. The first-order chi connectivity index (χ1) is 13.8. The van der Waals surface area contributed by atoms with E-state index in [-0.39, 0.29) is 16.4 Å². The van der Waals surface area contributed by atoms with E-state index in [2.05, 4.69) is 5.32 Å². The Morgan fingerprint density at radius 3 is 2.72 bits per heavy atom. The van der Waals surface area contributed by atoms with Crippen LogP contribution in [-0.2, 0) is 16.1 Å². The molecule has 4 rings (SSSR count). The first-order valence-electron chi connectivity index (χ1n) is 8.60. The summed E-state index contributed by atoms with van der Waals surface area (Å²) in [6.45, 7) is 0.293. The second kappa shape index (κ2) is 7.02. The van der Waals surface area contributed by atoms with Gasteiger partial charge in [-0.25, -0.2) is 4.79 Å². The predicted molar refractivity (Wildman–Crippen MR) is 108 cm³/mol. The van der Waals surface area contributed by atoms with Gasteiger partial charge in [-0.3, -0.25) is 19.8 Å². The number of likely N-dealkylation sites (N-methyl/N-ethyl adjacent to an activating group) is 1. The predicted octanol–water partition coefficient (Wildman–Crippen LogP) is 2.24. The Balaban J connectivity index is 1.76. The number of carboxylic acid groups (broad SMARTS) is 1. The highest BCUT2D eigenvalue weighted by Gasteiger charge is 2.31. The minimum Gasteiger partial charge on any atom is -0.475 e. The fourth-order valence-electron chi connectivity index (χ4n) is 3.17. The molecule has 0 unspecified atom stereocenters. The molecular weight excluding hydrogens is 394 g/mol. The number of nitrogens with zero attached hydrogens (tertiary/aromatic N) is 2.